The van der Waals surface area contributed by atoms with E-state index in [2.05, 4.69) is 0 Å². The smallest absolute Gasteiger partial charge is 0.332 e. The van der Waals surface area contributed by atoms with Crippen LogP contribution in [0.1, 0.15) is 17.5 Å². The number of rotatable bonds is 2. The van der Waals surface area contributed by atoms with Crippen LogP contribution in [0, 0.1) is 0 Å². The van der Waals surface area contributed by atoms with Crippen molar-refractivity contribution in [2.75, 3.05) is 14.1 Å². The summed E-state index contributed by atoms with van der Waals surface area (Å²) < 4.78 is 0. The third-order valence-corrected chi connectivity index (χ3v) is 4.51. The fourth-order valence-electron chi connectivity index (χ4n) is 3.42. The fraction of sp³-hybridized carbons (Fsp3) is 0.333. The molecule has 0 fully saturated rings. The number of aliphatic carboxylic acids is 1. The molecule has 6 nitrogen and oxygen atoms in total. The van der Waals surface area contributed by atoms with E-state index in [1.54, 1.807) is 25.1 Å². The molecule has 0 radical (unpaired) electrons. The van der Waals surface area contributed by atoms with E-state index < -0.39 is 18.1 Å². The van der Waals surface area contributed by atoms with Crippen LogP contribution >= 0.6 is 0 Å². The van der Waals surface area contributed by atoms with E-state index >= 15 is 0 Å². The maximum absolute atomic E-state index is 12.7. The summed E-state index contributed by atoms with van der Waals surface area (Å²) in [5, 5.41) is 20.7. The predicted molar refractivity (Wildman–Crippen MR) is 88.4 cm³/mol. The van der Waals surface area contributed by atoms with Gasteiger partial charge in [0.25, 0.3) is 0 Å². The van der Waals surface area contributed by atoms with Crippen molar-refractivity contribution in [3.8, 4) is 0 Å². The Balaban J connectivity index is 2.26. The highest BCUT2D eigenvalue weighted by Gasteiger charge is 2.37. The summed E-state index contributed by atoms with van der Waals surface area (Å²) in [4.78, 5) is 25.9. The van der Waals surface area contributed by atoms with Gasteiger partial charge in [-0.25, -0.2) is 9.86 Å². The Kier molecular flexibility index (Phi) is 4.26. The van der Waals surface area contributed by atoms with Gasteiger partial charge in [0.05, 0.1) is 11.7 Å². The number of carbonyl (C=O) groups is 2. The molecular formula is C18H20N2O4. The average Bonchev–Trinajstić information content (AvgIpc) is 2.51. The number of hydrogen-bond donors (Lipinski definition) is 2. The number of fused-ring (bicyclic) bond motifs is 2. The van der Waals surface area contributed by atoms with Crippen LogP contribution in [0.3, 0.4) is 0 Å². The van der Waals surface area contributed by atoms with Crippen LogP contribution in [0.25, 0.3) is 5.70 Å². The highest BCUT2D eigenvalue weighted by molar-refractivity contribution is 5.94. The number of nitrogens with zero attached hydrogens (tertiary/aromatic N) is 2. The van der Waals surface area contributed by atoms with Gasteiger partial charge in [-0.2, -0.15) is 0 Å². The van der Waals surface area contributed by atoms with E-state index in [0.29, 0.717) is 24.1 Å². The third-order valence-electron chi connectivity index (χ3n) is 4.51. The van der Waals surface area contributed by atoms with E-state index in [9.17, 15) is 19.9 Å². The highest BCUT2D eigenvalue weighted by Crippen LogP contribution is 2.36. The summed E-state index contributed by atoms with van der Waals surface area (Å²) in [6.07, 6.45) is 4.03. The minimum absolute atomic E-state index is 0.0498. The number of carbonyl (C=O) groups excluding carboxylic acids is 1. The number of benzene rings is 1. The molecule has 0 bridgehead atoms. The Morgan fingerprint density at radius 3 is 2.62 bits per heavy atom. The van der Waals surface area contributed by atoms with Crippen LogP contribution in [0.4, 0.5) is 0 Å². The van der Waals surface area contributed by atoms with Gasteiger partial charge in [-0.3, -0.25) is 14.9 Å². The zero-order valence-electron chi connectivity index (χ0n) is 13.6. The normalized spacial score (nSPS) is 23.7. The van der Waals surface area contributed by atoms with E-state index in [1.807, 2.05) is 24.3 Å². The lowest BCUT2D eigenvalue weighted by atomic mass is 9.85. The van der Waals surface area contributed by atoms with Crippen LogP contribution in [0.5, 0.6) is 0 Å². The maximum Gasteiger partial charge on any atom is 0.332 e. The molecule has 2 N–H and O–H groups in total. The van der Waals surface area contributed by atoms with E-state index in [1.165, 1.54) is 6.08 Å². The van der Waals surface area contributed by atoms with Gasteiger partial charge in [0.2, 0.25) is 0 Å². The molecule has 2 atom stereocenters. The third kappa shape index (κ3) is 2.64. The van der Waals surface area contributed by atoms with Crippen LogP contribution in [0.2, 0.25) is 0 Å². The average molecular weight is 328 g/mol. The van der Waals surface area contributed by atoms with Gasteiger partial charge in [-0.05, 0) is 32.2 Å². The number of Topliss-reactive ketones (excluding diaryl/α,β-unsaturated/α-hetero) is 1. The molecule has 1 heterocycles. The molecule has 24 heavy (non-hydrogen) atoms. The van der Waals surface area contributed by atoms with Crippen molar-refractivity contribution >= 4 is 17.4 Å². The zero-order chi connectivity index (χ0) is 17.4. The molecule has 2 aliphatic rings. The van der Waals surface area contributed by atoms with Gasteiger partial charge in [0.1, 0.15) is 0 Å². The van der Waals surface area contributed by atoms with Crippen LogP contribution in [-0.2, 0) is 16.0 Å². The van der Waals surface area contributed by atoms with E-state index in [4.69, 9.17) is 0 Å². The van der Waals surface area contributed by atoms with Gasteiger partial charge in [-0.15, -0.1) is 0 Å². The molecule has 6 heteroatoms. The summed E-state index contributed by atoms with van der Waals surface area (Å²) in [7, 11) is 3.61. The molecule has 1 aliphatic heterocycles. The summed E-state index contributed by atoms with van der Waals surface area (Å²) in [5.41, 5.74) is 2.71. The SMILES string of the molecule is CN(C)C1C(=O)CCc2ccccc2C2=C1C=CC(C(=O)O)N2O. The number of hydrogen-bond acceptors (Lipinski definition) is 5. The first-order valence-electron chi connectivity index (χ1n) is 7.82. The molecule has 1 aromatic rings. The minimum Gasteiger partial charge on any atom is -0.479 e. The van der Waals surface area contributed by atoms with Gasteiger partial charge in [-0.1, -0.05) is 30.3 Å². The lowest BCUT2D eigenvalue weighted by Gasteiger charge is -2.36. The Morgan fingerprint density at radius 2 is 1.96 bits per heavy atom. The molecule has 0 saturated carbocycles. The van der Waals surface area contributed by atoms with Crippen LogP contribution in [0.15, 0.2) is 42.0 Å². The standard InChI is InChI=1S/C18H20N2O4/c1-19(2)17-13-8-9-14(18(22)23)20(24)16(13)12-6-4-3-5-11(12)7-10-15(17)21/h3-6,8-9,14,17,24H,7,10H2,1-2H3,(H,22,23). The lowest BCUT2D eigenvalue weighted by molar-refractivity contribution is -0.151. The van der Waals surface area contributed by atoms with Crippen LogP contribution in [-0.4, -0.2) is 58.2 Å². The first kappa shape index (κ1) is 16.4. The minimum atomic E-state index is -1.17. The quantitative estimate of drug-likeness (QED) is 0.857. The lowest BCUT2D eigenvalue weighted by Crippen LogP contribution is -2.44. The second-order valence-electron chi connectivity index (χ2n) is 6.28. The van der Waals surface area contributed by atoms with Gasteiger partial charge in [0.15, 0.2) is 11.8 Å². The number of aryl methyl sites for hydroxylation is 1. The predicted octanol–water partition coefficient (Wildman–Crippen LogP) is 1.56. The number of ketones is 1. The summed E-state index contributed by atoms with van der Waals surface area (Å²) in [6.45, 7) is 0. The molecule has 3 rings (SSSR count). The second kappa shape index (κ2) is 6.22. The molecule has 1 aromatic carbocycles. The van der Waals surface area contributed by atoms with Crippen molar-refractivity contribution in [1.29, 1.82) is 0 Å². The first-order valence-corrected chi connectivity index (χ1v) is 7.82. The number of likely N-dealkylation sites (N-methyl/N-ethyl adjacent to an activating group) is 1. The van der Waals surface area contributed by atoms with Crippen molar-refractivity contribution in [2.24, 2.45) is 0 Å². The van der Waals surface area contributed by atoms with E-state index in [-0.39, 0.29) is 5.78 Å². The molecule has 0 amide bonds. The molecule has 126 valence electrons. The van der Waals surface area contributed by atoms with Gasteiger partial charge >= 0.3 is 5.97 Å². The van der Waals surface area contributed by atoms with Crippen LogP contribution < -0.4 is 0 Å². The Bertz CT molecular complexity index is 751. The van der Waals surface area contributed by atoms with Crippen molar-refractivity contribution in [2.45, 2.75) is 24.9 Å². The number of hydroxylamine groups is 2. The molecule has 2 unspecified atom stereocenters. The van der Waals surface area contributed by atoms with Gasteiger partial charge in [0, 0.05) is 17.6 Å². The monoisotopic (exact) mass is 328 g/mol. The Morgan fingerprint density at radius 1 is 1.25 bits per heavy atom. The highest BCUT2D eigenvalue weighted by atomic mass is 16.5. The topological polar surface area (TPSA) is 81.1 Å². The summed E-state index contributed by atoms with van der Waals surface area (Å²) in [5.74, 6) is -1.10. The molecular weight excluding hydrogens is 308 g/mol. The van der Waals surface area contributed by atoms with Crippen molar-refractivity contribution in [3.63, 3.8) is 0 Å². The number of carboxylic acid groups (broad SMARTS) is 1. The summed E-state index contributed by atoms with van der Waals surface area (Å²) >= 11 is 0. The summed E-state index contributed by atoms with van der Waals surface area (Å²) in [6, 6.07) is 5.80. The van der Waals surface area contributed by atoms with E-state index in [0.717, 1.165) is 16.2 Å². The molecule has 0 saturated heterocycles. The molecule has 1 aliphatic carbocycles. The van der Waals surface area contributed by atoms with Crippen molar-refractivity contribution in [3.05, 3.63) is 53.1 Å². The van der Waals surface area contributed by atoms with Crippen molar-refractivity contribution < 1.29 is 19.9 Å². The van der Waals surface area contributed by atoms with Crippen molar-refractivity contribution in [1.82, 2.24) is 9.96 Å². The maximum atomic E-state index is 12.7. The zero-order valence-corrected chi connectivity index (χ0v) is 13.6. The first-order chi connectivity index (χ1) is 11.4. The molecule has 0 spiro atoms. The largest absolute Gasteiger partial charge is 0.479 e. The fourth-order valence-corrected chi connectivity index (χ4v) is 3.42. The Hall–Kier alpha value is -2.44. The van der Waals surface area contributed by atoms with Gasteiger partial charge < -0.3 is 5.11 Å². The molecule has 0 aromatic heterocycles. The number of carboxylic acids is 1. The Labute approximate surface area is 140 Å². The second-order valence-corrected chi connectivity index (χ2v) is 6.28.